The average Bonchev–Trinajstić information content (AvgIpc) is 3.44. The van der Waals surface area contributed by atoms with Crippen molar-refractivity contribution in [1.29, 1.82) is 0 Å². The fourth-order valence-corrected chi connectivity index (χ4v) is 4.66. The fourth-order valence-electron chi connectivity index (χ4n) is 4.66. The molecule has 7 nitrogen and oxygen atoms in total. The van der Waals surface area contributed by atoms with Crippen LogP contribution in [0.2, 0.25) is 0 Å². The van der Waals surface area contributed by atoms with Crippen LogP contribution < -0.4 is 5.32 Å². The molecule has 0 radical (unpaired) electrons. The molecule has 1 amide bonds. The Hall–Kier alpha value is -2.22. The van der Waals surface area contributed by atoms with E-state index >= 15 is 0 Å². The number of methoxy groups -OCH3 is 2. The van der Waals surface area contributed by atoms with E-state index in [1.165, 1.54) is 12.0 Å². The van der Waals surface area contributed by atoms with E-state index in [1.807, 2.05) is 11.1 Å². The summed E-state index contributed by atoms with van der Waals surface area (Å²) in [4.78, 5) is 14.9. The Labute approximate surface area is 184 Å². The van der Waals surface area contributed by atoms with Crippen molar-refractivity contribution in [3.8, 4) is 0 Å². The lowest BCUT2D eigenvalue weighted by Gasteiger charge is -2.41. The number of nitrogens with zero attached hydrogens (tertiary/aromatic N) is 3. The first kappa shape index (κ1) is 22.0. The van der Waals surface area contributed by atoms with Crippen LogP contribution in [0.15, 0.2) is 42.7 Å². The van der Waals surface area contributed by atoms with Crippen molar-refractivity contribution in [1.82, 2.24) is 20.0 Å². The maximum atomic E-state index is 12.9. The van der Waals surface area contributed by atoms with Crippen molar-refractivity contribution in [2.75, 3.05) is 47.1 Å². The van der Waals surface area contributed by atoms with Gasteiger partial charge in [0.2, 0.25) is 0 Å². The lowest BCUT2D eigenvalue weighted by molar-refractivity contribution is 0.0202. The van der Waals surface area contributed by atoms with Crippen LogP contribution in [0.1, 0.15) is 41.1 Å². The number of nitrogens with one attached hydrogen (secondary N) is 1. The largest absolute Gasteiger partial charge is 0.384 e. The molecule has 2 atom stereocenters. The average molecular weight is 427 g/mol. The molecule has 4 rings (SSSR count). The Morgan fingerprint density at radius 1 is 1.19 bits per heavy atom. The van der Waals surface area contributed by atoms with Gasteiger partial charge >= 0.3 is 0 Å². The zero-order chi connectivity index (χ0) is 21.7. The van der Waals surface area contributed by atoms with Crippen molar-refractivity contribution in [3.63, 3.8) is 0 Å². The molecule has 2 aliphatic rings. The van der Waals surface area contributed by atoms with Gasteiger partial charge in [-0.15, -0.1) is 0 Å². The maximum Gasteiger partial charge on any atom is 0.257 e. The Morgan fingerprint density at radius 3 is 2.68 bits per heavy atom. The van der Waals surface area contributed by atoms with Crippen molar-refractivity contribution >= 4 is 5.91 Å². The molecular weight excluding hydrogens is 392 g/mol. The first-order valence-corrected chi connectivity index (χ1v) is 11.2. The van der Waals surface area contributed by atoms with Gasteiger partial charge in [-0.2, -0.15) is 5.10 Å². The number of piperidine rings is 1. The molecule has 1 saturated carbocycles. The zero-order valence-corrected chi connectivity index (χ0v) is 18.6. The van der Waals surface area contributed by atoms with Crippen LogP contribution in [0.25, 0.3) is 0 Å². The fraction of sp³-hybridized carbons (Fsp3) is 0.583. The van der Waals surface area contributed by atoms with Crippen LogP contribution in [-0.4, -0.2) is 73.7 Å². The predicted molar refractivity (Wildman–Crippen MR) is 119 cm³/mol. The van der Waals surface area contributed by atoms with Gasteiger partial charge < -0.3 is 19.7 Å². The third-order valence-corrected chi connectivity index (χ3v) is 6.72. The summed E-state index contributed by atoms with van der Waals surface area (Å²) in [5.74, 6) is 0.686. The Balaban J connectivity index is 1.29. The molecule has 168 valence electrons. The van der Waals surface area contributed by atoms with Gasteiger partial charge in [0, 0.05) is 57.4 Å². The lowest BCUT2D eigenvalue weighted by Crippen LogP contribution is -2.49. The van der Waals surface area contributed by atoms with Crippen LogP contribution in [-0.2, 0) is 16.0 Å². The summed E-state index contributed by atoms with van der Waals surface area (Å²) in [7, 11) is 3.44. The second-order valence-electron chi connectivity index (χ2n) is 8.95. The molecule has 0 unspecified atom stereocenters. The second kappa shape index (κ2) is 9.94. The molecule has 1 saturated heterocycles. The van der Waals surface area contributed by atoms with E-state index in [4.69, 9.17) is 9.47 Å². The third-order valence-electron chi connectivity index (χ3n) is 6.72. The molecule has 7 heteroatoms. The summed E-state index contributed by atoms with van der Waals surface area (Å²) in [5.41, 5.74) is 2.15. The number of likely N-dealkylation sites (tertiary alicyclic amines) is 1. The molecule has 1 aliphatic carbocycles. The highest BCUT2D eigenvalue weighted by Gasteiger charge is 2.42. The van der Waals surface area contributed by atoms with Gasteiger partial charge in [-0.05, 0) is 24.8 Å². The molecular formula is C24H34N4O3. The van der Waals surface area contributed by atoms with Gasteiger partial charge in [0.25, 0.3) is 5.91 Å². The van der Waals surface area contributed by atoms with Gasteiger partial charge in [0.1, 0.15) is 0 Å². The van der Waals surface area contributed by atoms with Crippen LogP contribution in [0.3, 0.4) is 0 Å². The van der Waals surface area contributed by atoms with Crippen molar-refractivity contribution in [3.05, 3.63) is 53.9 Å². The molecule has 1 aliphatic heterocycles. The molecule has 1 aromatic carbocycles. The van der Waals surface area contributed by atoms with E-state index < -0.39 is 0 Å². The summed E-state index contributed by atoms with van der Waals surface area (Å²) < 4.78 is 12.4. The molecule has 1 N–H and O–H groups in total. The first-order valence-electron chi connectivity index (χ1n) is 11.2. The van der Waals surface area contributed by atoms with Gasteiger partial charge in [-0.1, -0.05) is 30.3 Å². The number of carbonyl (C=O) groups excluding carboxylic acids is 1. The third kappa shape index (κ3) is 5.34. The Morgan fingerprint density at radius 2 is 1.97 bits per heavy atom. The van der Waals surface area contributed by atoms with E-state index in [9.17, 15) is 4.79 Å². The number of amides is 1. The topological polar surface area (TPSA) is 68.6 Å². The van der Waals surface area contributed by atoms with Crippen LogP contribution in [0, 0.1) is 5.41 Å². The molecule has 2 fully saturated rings. The summed E-state index contributed by atoms with van der Waals surface area (Å²) in [5, 5.41) is 8.07. The minimum atomic E-state index is 0.0639. The number of ether oxygens (including phenoxy) is 2. The van der Waals surface area contributed by atoms with E-state index in [0.29, 0.717) is 30.7 Å². The molecule has 0 bridgehead atoms. The second-order valence-corrected chi connectivity index (χ2v) is 8.95. The molecule has 2 heterocycles. The van der Waals surface area contributed by atoms with Crippen molar-refractivity contribution < 1.29 is 14.3 Å². The number of hydrogen-bond donors (Lipinski definition) is 1. The van der Waals surface area contributed by atoms with E-state index in [1.54, 1.807) is 25.1 Å². The zero-order valence-electron chi connectivity index (χ0n) is 18.6. The standard InChI is InChI=1S/C24H34N4O3/c1-30-13-12-28-16-20(15-26-28)23(29)27-10-8-24(9-11-27,18-31-2)17-25-22-14-21(22)19-6-4-3-5-7-19/h3-7,15-16,21-22,25H,8-14,17-18H2,1-2H3/t21-,22+/m0/s1. The minimum Gasteiger partial charge on any atom is -0.384 e. The molecule has 1 aromatic heterocycles. The summed E-state index contributed by atoms with van der Waals surface area (Å²) in [6, 6.07) is 11.3. The van der Waals surface area contributed by atoms with Crippen molar-refractivity contribution in [2.45, 2.75) is 37.8 Å². The highest BCUT2D eigenvalue weighted by Crippen LogP contribution is 2.42. The molecule has 31 heavy (non-hydrogen) atoms. The summed E-state index contributed by atoms with van der Waals surface area (Å²) in [6.07, 6.45) is 6.56. The van der Waals surface area contributed by atoms with Gasteiger partial charge in [-0.25, -0.2) is 0 Å². The van der Waals surface area contributed by atoms with E-state index in [0.717, 1.165) is 39.1 Å². The SMILES string of the molecule is COCCn1cc(C(=O)N2CCC(CN[C@@H]3C[C@H]3c3ccccc3)(COC)CC2)cn1. The monoisotopic (exact) mass is 426 g/mol. The van der Waals surface area contributed by atoms with Gasteiger partial charge in [-0.3, -0.25) is 9.48 Å². The molecule has 2 aromatic rings. The predicted octanol–water partition coefficient (Wildman–Crippen LogP) is 2.54. The number of aromatic nitrogens is 2. The summed E-state index contributed by atoms with van der Waals surface area (Å²) >= 11 is 0. The number of hydrogen-bond acceptors (Lipinski definition) is 5. The quantitative estimate of drug-likeness (QED) is 0.632. The summed E-state index contributed by atoms with van der Waals surface area (Å²) in [6.45, 7) is 4.39. The van der Waals surface area contributed by atoms with Crippen LogP contribution in [0.4, 0.5) is 0 Å². The van der Waals surface area contributed by atoms with Gasteiger partial charge in [0.05, 0.1) is 31.5 Å². The first-order chi connectivity index (χ1) is 15.1. The highest BCUT2D eigenvalue weighted by molar-refractivity contribution is 5.93. The number of carbonyl (C=O) groups is 1. The smallest absolute Gasteiger partial charge is 0.257 e. The Kier molecular flexibility index (Phi) is 7.05. The van der Waals surface area contributed by atoms with Crippen LogP contribution >= 0.6 is 0 Å². The Bertz CT molecular complexity index is 846. The number of rotatable bonds is 10. The van der Waals surface area contributed by atoms with E-state index in [-0.39, 0.29) is 11.3 Å². The normalized spacial score (nSPS) is 22.5. The van der Waals surface area contributed by atoms with Gasteiger partial charge in [0.15, 0.2) is 0 Å². The van der Waals surface area contributed by atoms with Crippen LogP contribution in [0.5, 0.6) is 0 Å². The van der Waals surface area contributed by atoms with E-state index in [2.05, 4.69) is 40.7 Å². The minimum absolute atomic E-state index is 0.0639. The number of benzene rings is 1. The lowest BCUT2D eigenvalue weighted by atomic mass is 9.78. The van der Waals surface area contributed by atoms with Crippen molar-refractivity contribution in [2.24, 2.45) is 5.41 Å². The molecule has 0 spiro atoms. The maximum absolute atomic E-state index is 12.9. The highest BCUT2D eigenvalue weighted by atomic mass is 16.5.